The van der Waals surface area contributed by atoms with E-state index in [4.69, 9.17) is 21.1 Å². The number of aromatic hydroxyl groups is 1. The first-order valence-electron chi connectivity index (χ1n) is 7.95. The van der Waals surface area contributed by atoms with Crippen LogP contribution in [0.5, 0.6) is 23.0 Å². The van der Waals surface area contributed by atoms with E-state index in [0.717, 1.165) is 16.7 Å². The van der Waals surface area contributed by atoms with Gasteiger partial charge in [-0.05, 0) is 66.9 Å². The Morgan fingerprint density at radius 1 is 0.840 bits per heavy atom. The topological polar surface area (TPSA) is 38.7 Å². The maximum atomic E-state index is 9.70. The first kappa shape index (κ1) is 17.2. The second kappa shape index (κ2) is 7.49. The summed E-state index contributed by atoms with van der Waals surface area (Å²) in [6, 6.07) is 18.4. The van der Waals surface area contributed by atoms with E-state index in [0.29, 0.717) is 28.9 Å². The molecule has 0 radical (unpaired) electrons. The molecule has 3 aromatic rings. The van der Waals surface area contributed by atoms with Crippen LogP contribution >= 0.6 is 11.6 Å². The third kappa shape index (κ3) is 4.91. The van der Waals surface area contributed by atoms with Gasteiger partial charge in [-0.3, -0.25) is 0 Å². The maximum Gasteiger partial charge on any atom is 0.131 e. The second-order valence-corrected chi connectivity index (χ2v) is 6.44. The van der Waals surface area contributed by atoms with Gasteiger partial charge in [0.05, 0.1) is 0 Å². The summed E-state index contributed by atoms with van der Waals surface area (Å²) >= 11 is 6.00. The Balaban J connectivity index is 1.75. The molecule has 3 rings (SSSR count). The number of rotatable bonds is 5. The largest absolute Gasteiger partial charge is 0.508 e. The minimum Gasteiger partial charge on any atom is -0.508 e. The molecule has 0 fully saturated rings. The number of aryl methyl sites for hydroxylation is 2. The lowest BCUT2D eigenvalue weighted by molar-refractivity contribution is 0.304. The highest BCUT2D eigenvalue weighted by Crippen LogP contribution is 2.30. The Kier molecular flexibility index (Phi) is 5.15. The van der Waals surface area contributed by atoms with Gasteiger partial charge in [0.25, 0.3) is 0 Å². The van der Waals surface area contributed by atoms with Gasteiger partial charge in [0.15, 0.2) is 0 Å². The van der Waals surface area contributed by atoms with Crippen molar-refractivity contribution < 1.29 is 14.6 Å². The van der Waals surface area contributed by atoms with E-state index in [1.807, 2.05) is 62.4 Å². The van der Waals surface area contributed by atoms with Crippen LogP contribution in [-0.2, 0) is 6.61 Å². The highest BCUT2D eigenvalue weighted by Gasteiger charge is 2.05. The number of benzene rings is 3. The van der Waals surface area contributed by atoms with E-state index in [1.54, 1.807) is 12.1 Å². The summed E-state index contributed by atoms with van der Waals surface area (Å²) in [7, 11) is 0. The molecule has 0 aliphatic heterocycles. The molecule has 0 unspecified atom stereocenters. The van der Waals surface area contributed by atoms with Crippen molar-refractivity contribution in [1.29, 1.82) is 0 Å². The van der Waals surface area contributed by atoms with Gasteiger partial charge < -0.3 is 14.6 Å². The molecule has 0 saturated heterocycles. The van der Waals surface area contributed by atoms with Crippen molar-refractivity contribution in [3.63, 3.8) is 0 Å². The van der Waals surface area contributed by atoms with Gasteiger partial charge >= 0.3 is 0 Å². The van der Waals surface area contributed by atoms with Gasteiger partial charge in [0.2, 0.25) is 0 Å². The first-order chi connectivity index (χ1) is 12.0. The molecule has 0 bridgehead atoms. The smallest absolute Gasteiger partial charge is 0.131 e. The summed E-state index contributed by atoms with van der Waals surface area (Å²) in [5, 5.41) is 10.4. The summed E-state index contributed by atoms with van der Waals surface area (Å²) in [5.74, 6) is 2.14. The van der Waals surface area contributed by atoms with E-state index in [-0.39, 0.29) is 5.75 Å². The standard InChI is InChI=1S/C21H19ClO3/c1-14-6-18(23)11-20(8-14)25-21-9-15(2)7-19(12-21)24-13-16-4-3-5-17(22)10-16/h3-12,23H,13H2,1-2H3. The van der Waals surface area contributed by atoms with Crippen LogP contribution in [0.1, 0.15) is 16.7 Å². The monoisotopic (exact) mass is 354 g/mol. The van der Waals surface area contributed by atoms with E-state index >= 15 is 0 Å². The van der Waals surface area contributed by atoms with E-state index in [2.05, 4.69) is 0 Å². The molecule has 128 valence electrons. The third-order valence-corrected chi connectivity index (χ3v) is 3.83. The average molecular weight is 355 g/mol. The average Bonchev–Trinajstić information content (AvgIpc) is 2.51. The van der Waals surface area contributed by atoms with Crippen LogP contribution < -0.4 is 9.47 Å². The van der Waals surface area contributed by atoms with Crippen molar-refractivity contribution in [3.05, 3.63) is 82.4 Å². The Hall–Kier alpha value is -2.65. The summed E-state index contributed by atoms with van der Waals surface area (Å²) < 4.78 is 11.7. The molecule has 0 amide bonds. The van der Waals surface area contributed by atoms with Crippen molar-refractivity contribution in [2.24, 2.45) is 0 Å². The van der Waals surface area contributed by atoms with Crippen molar-refractivity contribution >= 4 is 11.6 Å². The number of hydrogen-bond acceptors (Lipinski definition) is 3. The van der Waals surface area contributed by atoms with Crippen LogP contribution in [-0.4, -0.2) is 5.11 Å². The minimum atomic E-state index is 0.181. The highest BCUT2D eigenvalue weighted by atomic mass is 35.5. The number of ether oxygens (including phenoxy) is 2. The Bertz CT molecular complexity index is 870. The molecule has 0 saturated carbocycles. The second-order valence-electron chi connectivity index (χ2n) is 6.01. The van der Waals surface area contributed by atoms with Crippen molar-refractivity contribution in [1.82, 2.24) is 0 Å². The molecular formula is C21H19ClO3. The van der Waals surface area contributed by atoms with Gasteiger partial charge in [-0.1, -0.05) is 23.7 Å². The van der Waals surface area contributed by atoms with E-state index < -0.39 is 0 Å². The molecule has 0 aromatic heterocycles. The molecule has 0 heterocycles. The van der Waals surface area contributed by atoms with Gasteiger partial charge in [0.1, 0.15) is 29.6 Å². The van der Waals surface area contributed by atoms with Gasteiger partial charge in [-0.25, -0.2) is 0 Å². The molecule has 0 aliphatic carbocycles. The quantitative estimate of drug-likeness (QED) is 0.607. The molecule has 0 spiro atoms. The van der Waals surface area contributed by atoms with E-state index in [1.165, 1.54) is 0 Å². The summed E-state index contributed by atoms with van der Waals surface area (Å²) in [5.41, 5.74) is 2.95. The molecule has 3 aromatic carbocycles. The minimum absolute atomic E-state index is 0.181. The zero-order valence-electron chi connectivity index (χ0n) is 14.1. The fourth-order valence-corrected chi connectivity index (χ4v) is 2.79. The Morgan fingerprint density at radius 2 is 1.52 bits per heavy atom. The van der Waals surface area contributed by atoms with Crippen LogP contribution in [0.15, 0.2) is 60.7 Å². The number of phenols is 1. The summed E-state index contributed by atoms with van der Waals surface area (Å²) in [6.07, 6.45) is 0. The molecule has 3 nitrogen and oxygen atoms in total. The van der Waals surface area contributed by atoms with Crippen LogP contribution in [0.4, 0.5) is 0 Å². The zero-order chi connectivity index (χ0) is 17.8. The molecule has 0 atom stereocenters. The SMILES string of the molecule is Cc1cc(O)cc(Oc2cc(C)cc(OCc3cccc(Cl)c3)c2)c1. The number of hydrogen-bond donors (Lipinski definition) is 1. The van der Waals surface area contributed by atoms with Crippen LogP contribution in [0.3, 0.4) is 0 Å². The first-order valence-corrected chi connectivity index (χ1v) is 8.33. The number of halogens is 1. The van der Waals surface area contributed by atoms with Crippen molar-refractivity contribution in [3.8, 4) is 23.0 Å². The number of phenolic OH excluding ortho intramolecular Hbond substituents is 1. The van der Waals surface area contributed by atoms with Crippen molar-refractivity contribution in [2.45, 2.75) is 20.5 Å². The lowest BCUT2D eigenvalue weighted by Gasteiger charge is -2.12. The lowest BCUT2D eigenvalue weighted by Crippen LogP contribution is -1.96. The van der Waals surface area contributed by atoms with E-state index in [9.17, 15) is 5.11 Å². The van der Waals surface area contributed by atoms with Crippen molar-refractivity contribution in [2.75, 3.05) is 0 Å². The fraction of sp³-hybridized carbons (Fsp3) is 0.143. The van der Waals surface area contributed by atoms with Gasteiger partial charge in [-0.2, -0.15) is 0 Å². The summed E-state index contributed by atoms with van der Waals surface area (Å²) in [4.78, 5) is 0. The Labute approximate surface area is 152 Å². The van der Waals surface area contributed by atoms with Crippen LogP contribution in [0.25, 0.3) is 0 Å². The fourth-order valence-electron chi connectivity index (χ4n) is 2.57. The third-order valence-electron chi connectivity index (χ3n) is 3.59. The normalized spacial score (nSPS) is 10.5. The molecule has 1 N–H and O–H groups in total. The maximum absolute atomic E-state index is 9.70. The Morgan fingerprint density at radius 3 is 2.24 bits per heavy atom. The van der Waals surface area contributed by atoms with Crippen LogP contribution in [0.2, 0.25) is 5.02 Å². The molecular weight excluding hydrogens is 336 g/mol. The predicted octanol–water partition coefficient (Wildman–Crippen LogP) is 6.03. The lowest BCUT2D eigenvalue weighted by atomic mass is 10.2. The molecule has 4 heteroatoms. The molecule has 0 aliphatic rings. The van der Waals surface area contributed by atoms with Gasteiger partial charge in [0, 0.05) is 17.2 Å². The predicted molar refractivity (Wildman–Crippen MR) is 99.9 cm³/mol. The van der Waals surface area contributed by atoms with Crippen LogP contribution in [0, 0.1) is 13.8 Å². The van der Waals surface area contributed by atoms with Gasteiger partial charge in [-0.15, -0.1) is 0 Å². The zero-order valence-corrected chi connectivity index (χ0v) is 14.9. The summed E-state index contributed by atoms with van der Waals surface area (Å²) in [6.45, 7) is 4.31. The molecule has 25 heavy (non-hydrogen) atoms. The highest BCUT2D eigenvalue weighted by molar-refractivity contribution is 6.30.